The van der Waals surface area contributed by atoms with Crippen LogP contribution in [0.1, 0.15) is 27.7 Å². The summed E-state index contributed by atoms with van der Waals surface area (Å²) in [5.41, 5.74) is 0. The van der Waals surface area contributed by atoms with Crippen LogP contribution in [0.2, 0.25) is 0 Å². The number of nitrogens with zero attached hydrogens (tertiary/aromatic N) is 4. The van der Waals surface area contributed by atoms with E-state index in [-0.39, 0.29) is 24.2 Å². The van der Waals surface area contributed by atoms with Gasteiger partial charge in [-0.2, -0.15) is 0 Å². The van der Waals surface area contributed by atoms with Crippen molar-refractivity contribution in [3.63, 3.8) is 0 Å². The van der Waals surface area contributed by atoms with Crippen molar-refractivity contribution >= 4 is 0 Å². The van der Waals surface area contributed by atoms with Gasteiger partial charge in [0.25, 0.3) is 0 Å². The van der Waals surface area contributed by atoms with E-state index in [1.165, 1.54) is 10.0 Å². The standard InChI is InChI=1S/C8H16N4O2/c1-5-6(2)12(10-14)8(4)7(3)11(5)9-13/h5-8H,1-4H3. The lowest BCUT2D eigenvalue weighted by atomic mass is 9.99. The molecule has 1 fully saturated rings. The Morgan fingerprint density at radius 3 is 1.07 bits per heavy atom. The molecule has 14 heavy (non-hydrogen) atoms. The van der Waals surface area contributed by atoms with Gasteiger partial charge < -0.3 is 0 Å². The van der Waals surface area contributed by atoms with E-state index in [0.29, 0.717) is 0 Å². The average molecular weight is 200 g/mol. The van der Waals surface area contributed by atoms with Crippen molar-refractivity contribution in [2.24, 2.45) is 10.6 Å². The monoisotopic (exact) mass is 200 g/mol. The van der Waals surface area contributed by atoms with Gasteiger partial charge in [-0.05, 0) is 27.7 Å². The molecule has 0 N–H and O–H groups in total. The largest absolute Gasteiger partial charge is 0.251 e. The predicted molar refractivity (Wildman–Crippen MR) is 53.1 cm³/mol. The Morgan fingerprint density at radius 1 is 0.714 bits per heavy atom. The second-order valence-electron chi connectivity index (χ2n) is 3.89. The molecule has 0 saturated carbocycles. The lowest BCUT2D eigenvalue weighted by Crippen LogP contribution is -2.61. The SMILES string of the molecule is CC1C(C)N(N=O)C(C)C(C)N1N=O. The highest BCUT2D eigenvalue weighted by Crippen LogP contribution is 2.26. The molecule has 0 aromatic rings. The van der Waals surface area contributed by atoms with Crippen molar-refractivity contribution in [1.29, 1.82) is 0 Å². The Bertz CT molecular complexity index is 195. The molecule has 6 heteroatoms. The Morgan fingerprint density at radius 2 is 0.929 bits per heavy atom. The second-order valence-corrected chi connectivity index (χ2v) is 3.89. The van der Waals surface area contributed by atoms with Crippen LogP contribution in [0.15, 0.2) is 10.6 Å². The smallest absolute Gasteiger partial charge is 0.0697 e. The number of hydrogen-bond donors (Lipinski definition) is 0. The van der Waals surface area contributed by atoms with E-state index < -0.39 is 0 Å². The molecular weight excluding hydrogens is 184 g/mol. The van der Waals surface area contributed by atoms with Crippen LogP contribution in [0.3, 0.4) is 0 Å². The average Bonchev–Trinajstić information content (AvgIpc) is 2.17. The summed E-state index contributed by atoms with van der Waals surface area (Å²) >= 11 is 0. The summed E-state index contributed by atoms with van der Waals surface area (Å²) in [6, 6.07) is -0.347. The normalized spacial score (nSPS) is 38.3. The highest BCUT2D eigenvalue weighted by atomic mass is 16.3. The van der Waals surface area contributed by atoms with Gasteiger partial charge in [-0.25, -0.2) is 0 Å². The van der Waals surface area contributed by atoms with Crippen LogP contribution in [-0.2, 0) is 0 Å². The van der Waals surface area contributed by atoms with Crippen molar-refractivity contribution in [1.82, 2.24) is 10.0 Å². The molecule has 0 aliphatic carbocycles. The third-order valence-corrected chi connectivity index (χ3v) is 3.25. The van der Waals surface area contributed by atoms with Gasteiger partial charge in [0.15, 0.2) is 0 Å². The minimum atomic E-state index is -0.0867. The maximum absolute atomic E-state index is 10.6. The molecule has 0 aromatic carbocycles. The Hall–Kier alpha value is -1.20. The summed E-state index contributed by atoms with van der Waals surface area (Å²) in [5.74, 6) is 0. The van der Waals surface area contributed by atoms with E-state index in [4.69, 9.17) is 0 Å². The molecule has 0 amide bonds. The fourth-order valence-electron chi connectivity index (χ4n) is 1.92. The van der Waals surface area contributed by atoms with Crippen LogP contribution in [0.4, 0.5) is 0 Å². The molecule has 1 aliphatic rings. The van der Waals surface area contributed by atoms with E-state index in [0.717, 1.165) is 0 Å². The maximum Gasteiger partial charge on any atom is 0.0697 e. The van der Waals surface area contributed by atoms with Crippen molar-refractivity contribution in [2.75, 3.05) is 0 Å². The molecule has 0 aromatic heterocycles. The van der Waals surface area contributed by atoms with Gasteiger partial charge in [0.05, 0.1) is 34.7 Å². The third-order valence-electron chi connectivity index (χ3n) is 3.25. The summed E-state index contributed by atoms with van der Waals surface area (Å²) in [6.07, 6.45) is 0. The van der Waals surface area contributed by atoms with Crippen molar-refractivity contribution in [2.45, 2.75) is 51.9 Å². The van der Waals surface area contributed by atoms with E-state index in [9.17, 15) is 9.81 Å². The van der Waals surface area contributed by atoms with Crippen molar-refractivity contribution in [3.8, 4) is 0 Å². The number of rotatable bonds is 2. The van der Waals surface area contributed by atoms with Crippen molar-refractivity contribution in [3.05, 3.63) is 9.81 Å². The highest BCUT2D eigenvalue weighted by Gasteiger charge is 2.40. The minimum Gasteiger partial charge on any atom is -0.251 e. The lowest BCUT2D eigenvalue weighted by Gasteiger charge is -2.46. The van der Waals surface area contributed by atoms with Crippen LogP contribution < -0.4 is 0 Å². The van der Waals surface area contributed by atoms with Crippen LogP contribution in [0, 0.1) is 9.81 Å². The van der Waals surface area contributed by atoms with E-state index in [2.05, 4.69) is 10.6 Å². The van der Waals surface area contributed by atoms with Crippen LogP contribution in [-0.4, -0.2) is 34.2 Å². The van der Waals surface area contributed by atoms with Gasteiger partial charge in [-0.3, -0.25) is 10.0 Å². The summed E-state index contributed by atoms with van der Waals surface area (Å²) in [4.78, 5) is 21.2. The molecule has 4 unspecified atom stereocenters. The zero-order valence-electron chi connectivity index (χ0n) is 8.91. The van der Waals surface area contributed by atoms with Crippen LogP contribution in [0.25, 0.3) is 0 Å². The van der Waals surface area contributed by atoms with Gasteiger partial charge in [0.2, 0.25) is 0 Å². The van der Waals surface area contributed by atoms with Gasteiger partial charge >= 0.3 is 0 Å². The molecule has 0 spiro atoms. The summed E-state index contributed by atoms with van der Waals surface area (Å²) in [6.45, 7) is 7.47. The van der Waals surface area contributed by atoms with E-state index in [1.54, 1.807) is 0 Å². The van der Waals surface area contributed by atoms with Crippen molar-refractivity contribution < 1.29 is 0 Å². The highest BCUT2D eigenvalue weighted by molar-refractivity contribution is 4.92. The summed E-state index contributed by atoms with van der Waals surface area (Å²) in [7, 11) is 0. The summed E-state index contributed by atoms with van der Waals surface area (Å²) in [5, 5.41) is 8.98. The fraction of sp³-hybridized carbons (Fsp3) is 1.00. The first-order valence-electron chi connectivity index (χ1n) is 4.77. The molecular formula is C8H16N4O2. The van der Waals surface area contributed by atoms with Crippen LogP contribution in [0.5, 0.6) is 0 Å². The Balaban J connectivity index is 2.92. The second kappa shape index (κ2) is 3.89. The maximum atomic E-state index is 10.6. The van der Waals surface area contributed by atoms with Gasteiger partial charge in [-0.15, -0.1) is 9.81 Å². The van der Waals surface area contributed by atoms with Crippen LogP contribution >= 0.6 is 0 Å². The van der Waals surface area contributed by atoms with Gasteiger partial charge in [0, 0.05) is 0 Å². The molecule has 1 aliphatic heterocycles. The zero-order valence-corrected chi connectivity index (χ0v) is 8.91. The Kier molecular flexibility index (Phi) is 3.03. The number of piperazine rings is 1. The zero-order chi connectivity index (χ0) is 10.9. The quantitative estimate of drug-likeness (QED) is 0.634. The molecule has 80 valence electrons. The minimum absolute atomic E-state index is 0.0867. The summed E-state index contributed by atoms with van der Waals surface area (Å²) < 4.78 is 0. The Labute approximate surface area is 83.1 Å². The molecule has 4 atom stereocenters. The first-order chi connectivity index (χ1) is 6.54. The molecule has 1 heterocycles. The van der Waals surface area contributed by atoms with Gasteiger partial charge in [-0.1, -0.05) is 0 Å². The molecule has 1 rings (SSSR count). The predicted octanol–water partition coefficient (Wildman–Crippen LogP) is 1.52. The van der Waals surface area contributed by atoms with E-state index in [1.807, 2.05) is 27.7 Å². The number of hydrogen-bond acceptors (Lipinski definition) is 4. The molecule has 0 radical (unpaired) electrons. The fourth-order valence-corrected chi connectivity index (χ4v) is 1.92. The van der Waals surface area contributed by atoms with E-state index >= 15 is 0 Å². The molecule has 0 bridgehead atoms. The first-order valence-corrected chi connectivity index (χ1v) is 4.77. The third kappa shape index (κ3) is 1.44. The topological polar surface area (TPSA) is 65.3 Å². The first kappa shape index (κ1) is 10.9. The number of nitroso groups, excluding NO2 is 2. The van der Waals surface area contributed by atoms with Gasteiger partial charge in [0.1, 0.15) is 0 Å². The molecule has 1 saturated heterocycles. The molecule has 6 nitrogen and oxygen atoms in total. The lowest BCUT2D eigenvalue weighted by molar-refractivity contribution is -0.0401.